The molecule has 0 aromatic heterocycles. The quantitative estimate of drug-likeness (QED) is 0.313. The summed E-state index contributed by atoms with van der Waals surface area (Å²) in [6, 6.07) is 45.7. The van der Waals surface area contributed by atoms with Gasteiger partial charge in [-0.05, 0) is 46.0 Å². The Balaban J connectivity index is 1.74. The minimum Gasteiger partial charge on any atom is -0.0805 e. The van der Waals surface area contributed by atoms with Gasteiger partial charge in [-0.1, -0.05) is 139 Å². The molecule has 0 radical (unpaired) electrons. The Morgan fingerprint density at radius 1 is 0.531 bits per heavy atom. The molecule has 0 N–H and O–H groups in total. The maximum atomic E-state index is 2.39. The van der Waals surface area contributed by atoms with Crippen LogP contribution < -0.4 is 10.4 Å². The van der Waals surface area contributed by atoms with E-state index in [0.717, 1.165) is 18.9 Å². The van der Waals surface area contributed by atoms with Crippen molar-refractivity contribution >= 4 is 18.4 Å². The van der Waals surface area contributed by atoms with Gasteiger partial charge in [-0.15, -0.1) is 0 Å². The van der Waals surface area contributed by atoms with E-state index in [1.165, 1.54) is 27.1 Å². The molecule has 4 aromatic rings. The summed E-state index contributed by atoms with van der Waals surface area (Å²) in [4.78, 5) is 0. The molecule has 5 rings (SSSR count). The lowest BCUT2D eigenvalue weighted by Gasteiger charge is -2.36. The Bertz CT molecular complexity index is 1170. The lowest BCUT2D eigenvalue weighted by Crippen LogP contribution is -2.62. The van der Waals surface area contributed by atoms with E-state index in [2.05, 4.69) is 133 Å². The minimum absolute atomic E-state index is 0.996. The lowest BCUT2D eigenvalue weighted by molar-refractivity contribution is 1.17. The van der Waals surface area contributed by atoms with Gasteiger partial charge in [0.25, 0.3) is 0 Å². The molecular formula is C31H28Si. The topological polar surface area (TPSA) is 0 Å². The molecule has 0 unspecified atom stereocenters. The highest BCUT2D eigenvalue weighted by atomic mass is 28.3. The van der Waals surface area contributed by atoms with Crippen LogP contribution in [-0.4, -0.2) is 8.07 Å². The van der Waals surface area contributed by atoms with Crippen molar-refractivity contribution < 1.29 is 0 Å². The summed E-state index contributed by atoms with van der Waals surface area (Å²) < 4.78 is 0. The van der Waals surface area contributed by atoms with Crippen molar-refractivity contribution in [1.82, 2.24) is 0 Å². The molecule has 32 heavy (non-hydrogen) atoms. The summed E-state index contributed by atoms with van der Waals surface area (Å²) in [5.74, 6) is 0. The van der Waals surface area contributed by atoms with Crippen LogP contribution in [-0.2, 0) is 12.5 Å². The van der Waals surface area contributed by atoms with Crippen molar-refractivity contribution in [2.45, 2.75) is 18.9 Å². The number of hydrogen-bond acceptors (Lipinski definition) is 0. The van der Waals surface area contributed by atoms with Crippen LogP contribution in [0.15, 0.2) is 144 Å². The summed E-state index contributed by atoms with van der Waals surface area (Å²) in [5, 5.41) is 4.65. The van der Waals surface area contributed by atoms with E-state index in [9.17, 15) is 0 Å². The summed E-state index contributed by atoms with van der Waals surface area (Å²) in [6.45, 7) is 0. The summed E-state index contributed by atoms with van der Waals surface area (Å²) >= 11 is 0. The van der Waals surface area contributed by atoms with Crippen molar-refractivity contribution in [3.8, 4) is 0 Å². The van der Waals surface area contributed by atoms with Crippen molar-refractivity contribution in [3.63, 3.8) is 0 Å². The predicted octanol–water partition coefficient (Wildman–Crippen LogP) is 6.07. The van der Waals surface area contributed by atoms with Gasteiger partial charge in [0.15, 0.2) is 0 Å². The van der Waals surface area contributed by atoms with Crippen molar-refractivity contribution in [1.29, 1.82) is 0 Å². The molecule has 0 nitrogen and oxygen atoms in total. The second kappa shape index (κ2) is 9.38. The molecule has 1 aliphatic carbocycles. The van der Waals surface area contributed by atoms with E-state index >= 15 is 0 Å². The highest BCUT2D eigenvalue weighted by molar-refractivity contribution is 7.07. The van der Waals surface area contributed by atoms with Crippen molar-refractivity contribution in [2.24, 2.45) is 0 Å². The van der Waals surface area contributed by atoms with Gasteiger partial charge in [0, 0.05) is 0 Å². The van der Waals surface area contributed by atoms with Crippen molar-refractivity contribution in [3.05, 3.63) is 155 Å². The van der Waals surface area contributed by atoms with Crippen LogP contribution in [0.2, 0.25) is 0 Å². The highest BCUT2D eigenvalue weighted by Crippen LogP contribution is 2.32. The first-order chi connectivity index (χ1) is 15.9. The van der Waals surface area contributed by atoms with Gasteiger partial charge in [-0.2, -0.15) is 0 Å². The molecule has 0 fully saturated rings. The molecule has 0 saturated carbocycles. The first-order valence-corrected chi connectivity index (χ1v) is 13.6. The van der Waals surface area contributed by atoms with Crippen LogP contribution in [0.4, 0.5) is 0 Å². The molecule has 0 amide bonds. The zero-order valence-corrected chi connectivity index (χ0v) is 19.3. The molecule has 0 saturated heterocycles. The van der Waals surface area contributed by atoms with Gasteiger partial charge in [0.2, 0.25) is 0 Å². The SMILES string of the molecule is C1=CC(Cc2ccccc2)=C([Si](Cc2ccccc2)(c2ccccc2)c2ccccc2)C1. The van der Waals surface area contributed by atoms with Crippen LogP contribution >= 0.6 is 0 Å². The second-order valence-electron chi connectivity index (χ2n) is 8.57. The Kier molecular flexibility index (Phi) is 6.00. The van der Waals surface area contributed by atoms with E-state index in [4.69, 9.17) is 0 Å². The molecule has 0 spiro atoms. The van der Waals surface area contributed by atoms with Gasteiger partial charge >= 0.3 is 0 Å². The minimum atomic E-state index is -2.26. The Morgan fingerprint density at radius 3 is 1.53 bits per heavy atom. The molecule has 0 bridgehead atoms. The van der Waals surface area contributed by atoms with Crippen molar-refractivity contribution in [2.75, 3.05) is 0 Å². The van der Waals surface area contributed by atoms with Crippen LogP contribution in [0, 0.1) is 0 Å². The first-order valence-electron chi connectivity index (χ1n) is 11.4. The van der Waals surface area contributed by atoms with E-state index in [1.54, 1.807) is 5.20 Å². The third kappa shape index (κ3) is 4.04. The normalized spacial score (nSPS) is 13.5. The fourth-order valence-corrected chi connectivity index (χ4v) is 10.4. The Hall–Kier alpha value is -3.42. The first kappa shape index (κ1) is 20.5. The second-order valence-corrected chi connectivity index (χ2v) is 12.5. The molecule has 0 heterocycles. The monoisotopic (exact) mass is 428 g/mol. The van der Waals surface area contributed by atoms with E-state index in [-0.39, 0.29) is 0 Å². The van der Waals surface area contributed by atoms with Crippen LogP contribution in [0.3, 0.4) is 0 Å². The third-order valence-electron chi connectivity index (χ3n) is 6.63. The fraction of sp³-hybridized carbons (Fsp3) is 0.0968. The number of allylic oxidation sites excluding steroid dienone is 4. The predicted molar refractivity (Wildman–Crippen MR) is 139 cm³/mol. The van der Waals surface area contributed by atoms with E-state index < -0.39 is 8.07 Å². The largest absolute Gasteiger partial charge is 0.149 e. The van der Waals surface area contributed by atoms with Gasteiger partial charge < -0.3 is 0 Å². The molecular weight excluding hydrogens is 400 g/mol. The molecule has 1 aliphatic rings. The average Bonchev–Trinajstić information content (AvgIpc) is 3.33. The van der Waals surface area contributed by atoms with Gasteiger partial charge in [-0.3, -0.25) is 0 Å². The molecule has 0 atom stereocenters. The molecule has 156 valence electrons. The van der Waals surface area contributed by atoms with E-state index in [1.807, 2.05) is 0 Å². The number of benzene rings is 4. The average molecular weight is 429 g/mol. The standard InChI is InChI=1S/C31H28Si/c1-5-14-26(15-6-1)24-28-18-13-23-31(28)32(29-19-9-3-10-20-29,30-21-11-4-12-22-30)25-27-16-7-2-8-17-27/h1-22H,23-25H2. The fourth-order valence-electron chi connectivity index (χ4n) is 5.15. The van der Waals surface area contributed by atoms with Crippen LogP contribution in [0.5, 0.6) is 0 Å². The van der Waals surface area contributed by atoms with Crippen LogP contribution in [0.25, 0.3) is 0 Å². The zero-order valence-electron chi connectivity index (χ0n) is 18.3. The smallest absolute Gasteiger partial charge is 0.0805 e. The Morgan fingerprint density at radius 2 is 1.00 bits per heavy atom. The maximum Gasteiger partial charge on any atom is 0.149 e. The number of hydrogen-bond donors (Lipinski definition) is 0. The maximum absolute atomic E-state index is 2.39. The van der Waals surface area contributed by atoms with Crippen LogP contribution in [0.1, 0.15) is 17.5 Å². The molecule has 1 heteroatoms. The van der Waals surface area contributed by atoms with Gasteiger partial charge in [0.1, 0.15) is 8.07 Å². The third-order valence-corrected chi connectivity index (χ3v) is 11.8. The summed E-state index contributed by atoms with van der Waals surface area (Å²) in [6.07, 6.45) is 6.81. The Labute approximate surface area is 192 Å². The van der Waals surface area contributed by atoms with E-state index in [0.29, 0.717) is 0 Å². The highest BCUT2D eigenvalue weighted by Gasteiger charge is 2.42. The lowest BCUT2D eigenvalue weighted by atomic mass is 10.1. The summed E-state index contributed by atoms with van der Waals surface area (Å²) in [7, 11) is -2.26. The molecule has 0 aliphatic heterocycles. The summed E-state index contributed by atoms with van der Waals surface area (Å²) in [5.41, 5.74) is 4.31. The zero-order chi connectivity index (χ0) is 21.6. The van der Waals surface area contributed by atoms with Gasteiger partial charge in [0.05, 0.1) is 0 Å². The number of rotatable bonds is 7. The van der Waals surface area contributed by atoms with Gasteiger partial charge in [-0.25, -0.2) is 0 Å². The molecule has 4 aromatic carbocycles.